The zero-order valence-electron chi connectivity index (χ0n) is 11.5. The van der Waals surface area contributed by atoms with Crippen LogP contribution >= 0.6 is 11.6 Å². The van der Waals surface area contributed by atoms with Gasteiger partial charge in [-0.05, 0) is 24.3 Å². The molecule has 0 saturated carbocycles. The van der Waals surface area contributed by atoms with E-state index in [1.807, 2.05) is 0 Å². The van der Waals surface area contributed by atoms with E-state index in [0.29, 0.717) is 28.4 Å². The number of rotatable bonds is 3. The maximum Gasteiger partial charge on any atom is 0.212 e. The average molecular weight is 320 g/mol. The third-order valence-corrected chi connectivity index (χ3v) is 3.39. The molecule has 112 valence electrons. The van der Waals surface area contributed by atoms with Gasteiger partial charge in [-0.15, -0.1) is 0 Å². The van der Waals surface area contributed by atoms with E-state index in [9.17, 15) is 9.50 Å². The first kappa shape index (κ1) is 14.3. The Balaban J connectivity index is 2.08. The summed E-state index contributed by atoms with van der Waals surface area (Å²) in [5.74, 6) is 0.429. The average Bonchev–Trinajstić information content (AvgIpc) is 2.89. The van der Waals surface area contributed by atoms with E-state index in [0.717, 1.165) is 0 Å². The zero-order valence-corrected chi connectivity index (χ0v) is 12.2. The SMILES string of the molecule is COc1cc(O)ccc1-c1[nH]c(-c2ccc(F)nc2)nc1Cl. The fourth-order valence-corrected chi connectivity index (χ4v) is 2.30. The van der Waals surface area contributed by atoms with Crippen LogP contribution in [0.1, 0.15) is 0 Å². The number of pyridine rings is 1. The predicted octanol–water partition coefficient (Wildman–Crippen LogP) is 3.65. The molecular formula is C15H11ClFN3O2. The quantitative estimate of drug-likeness (QED) is 0.723. The van der Waals surface area contributed by atoms with Crippen molar-refractivity contribution in [3.8, 4) is 34.1 Å². The zero-order chi connectivity index (χ0) is 15.7. The number of aromatic nitrogens is 3. The van der Waals surface area contributed by atoms with Crippen LogP contribution < -0.4 is 4.74 Å². The molecule has 2 heterocycles. The lowest BCUT2D eigenvalue weighted by atomic mass is 10.1. The van der Waals surface area contributed by atoms with Gasteiger partial charge in [0, 0.05) is 23.4 Å². The Bertz CT molecular complexity index is 818. The number of aromatic hydroxyl groups is 1. The third kappa shape index (κ3) is 2.60. The van der Waals surface area contributed by atoms with Gasteiger partial charge in [0.25, 0.3) is 0 Å². The topological polar surface area (TPSA) is 71.0 Å². The molecule has 2 N–H and O–H groups in total. The summed E-state index contributed by atoms with van der Waals surface area (Å²) in [5, 5.41) is 9.75. The second-order valence-corrected chi connectivity index (χ2v) is 4.86. The van der Waals surface area contributed by atoms with Crippen molar-refractivity contribution in [2.24, 2.45) is 0 Å². The number of phenols is 1. The number of H-pyrrole nitrogens is 1. The molecule has 22 heavy (non-hydrogen) atoms. The minimum Gasteiger partial charge on any atom is -0.508 e. The van der Waals surface area contributed by atoms with E-state index in [4.69, 9.17) is 16.3 Å². The lowest BCUT2D eigenvalue weighted by molar-refractivity contribution is 0.409. The van der Waals surface area contributed by atoms with Crippen molar-refractivity contribution in [3.05, 3.63) is 47.6 Å². The molecule has 0 radical (unpaired) electrons. The lowest BCUT2D eigenvalue weighted by Gasteiger charge is -2.07. The molecular weight excluding hydrogens is 309 g/mol. The van der Waals surface area contributed by atoms with Crippen molar-refractivity contribution in [1.82, 2.24) is 15.0 Å². The Labute approximate surface area is 130 Å². The van der Waals surface area contributed by atoms with Crippen molar-refractivity contribution in [2.45, 2.75) is 0 Å². The first-order chi connectivity index (χ1) is 10.6. The number of nitrogens with zero attached hydrogens (tertiary/aromatic N) is 2. The summed E-state index contributed by atoms with van der Waals surface area (Å²) in [4.78, 5) is 10.9. The second kappa shape index (κ2) is 5.65. The summed E-state index contributed by atoms with van der Waals surface area (Å²) in [6, 6.07) is 7.46. The number of methoxy groups -OCH3 is 1. The fraction of sp³-hybridized carbons (Fsp3) is 0.0667. The van der Waals surface area contributed by atoms with Gasteiger partial charge in [0.05, 0.1) is 12.8 Å². The highest BCUT2D eigenvalue weighted by atomic mass is 35.5. The normalized spacial score (nSPS) is 10.7. The number of aromatic amines is 1. The molecule has 5 nitrogen and oxygen atoms in total. The van der Waals surface area contributed by atoms with Crippen molar-refractivity contribution in [2.75, 3.05) is 7.11 Å². The van der Waals surface area contributed by atoms with E-state index in [2.05, 4.69) is 15.0 Å². The monoisotopic (exact) mass is 319 g/mol. The molecule has 2 aromatic heterocycles. The minimum atomic E-state index is -0.568. The number of ether oxygens (including phenoxy) is 1. The largest absolute Gasteiger partial charge is 0.508 e. The first-order valence-corrected chi connectivity index (χ1v) is 6.71. The molecule has 0 aliphatic carbocycles. The molecule has 3 aromatic rings. The summed E-state index contributed by atoms with van der Waals surface area (Å²) in [5.41, 5.74) is 1.80. The molecule has 0 amide bonds. The van der Waals surface area contributed by atoms with Crippen molar-refractivity contribution < 1.29 is 14.2 Å². The Kier molecular flexibility index (Phi) is 3.68. The molecule has 0 spiro atoms. The number of hydrogen-bond acceptors (Lipinski definition) is 4. The molecule has 1 aromatic carbocycles. The van der Waals surface area contributed by atoms with Crippen LogP contribution in [-0.4, -0.2) is 27.2 Å². The molecule has 7 heteroatoms. The molecule has 0 saturated heterocycles. The number of imidazole rings is 1. The van der Waals surface area contributed by atoms with Crippen molar-refractivity contribution >= 4 is 11.6 Å². The van der Waals surface area contributed by atoms with Crippen LogP contribution in [-0.2, 0) is 0 Å². The Hall–Kier alpha value is -2.60. The maximum absolute atomic E-state index is 12.9. The molecule has 0 aliphatic rings. The molecule has 3 rings (SSSR count). The van der Waals surface area contributed by atoms with Gasteiger partial charge in [0.15, 0.2) is 5.15 Å². The van der Waals surface area contributed by atoms with Gasteiger partial charge in [-0.25, -0.2) is 9.97 Å². The first-order valence-electron chi connectivity index (χ1n) is 6.33. The summed E-state index contributed by atoms with van der Waals surface area (Å²) in [6.45, 7) is 0. The molecule has 0 bridgehead atoms. The highest BCUT2D eigenvalue weighted by Gasteiger charge is 2.16. The maximum atomic E-state index is 12.9. The van der Waals surface area contributed by atoms with Crippen LogP contribution in [0.15, 0.2) is 36.5 Å². The van der Waals surface area contributed by atoms with Crippen LogP contribution in [0.2, 0.25) is 5.15 Å². The van der Waals surface area contributed by atoms with Gasteiger partial charge in [0.2, 0.25) is 5.95 Å². The third-order valence-electron chi connectivity index (χ3n) is 3.11. The molecule has 0 fully saturated rings. The molecule has 0 aliphatic heterocycles. The number of nitrogens with one attached hydrogen (secondary N) is 1. The van der Waals surface area contributed by atoms with Gasteiger partial charge in [0.1, 0.15) is 17.3 Å². The van der Waals surface area contributed by atoms with E-state index in [1.165, 1.54) is 31.5 Å². The summed E-state index contributed by atoms with van der Waals surface area (Å²) in [7, 11) is 1.49. The Morgan fingerprint density at radius 1 is 1.27 bits per heavy atom. The summed E-state index contributed by atoms with van der Waals surface area (Å²) >= 11 is 6.17. The van der Waals surface area contributed by atoms with Crippen molar-refractivity contribution in [1.29, 1.82) is 0 Å². The summed E-state index contributed by atoms with van der Waals surface area (Å²) in [6.07, 6.45) is 1.36. The molecule has 0 atom stereocenters. The molecule has 0 unspecified atom stereocenters. The van der Waals surface area contributed by atoms with Crippen LogP contribution in [0.25, 0.3) is 22.6 Å². The second-order valence-electron chi connectivity index (χ2n) is 4.51. The van der Waals surface area contributed by atoms with Crippen LogP contribution in [0, 0.1) is 5.95 Å². The van der Waals surface area contributed by atoms with Crippen molar-refractivity contribution in [3.63, 3.8) is 0 Å². The van der Waals surface area contributed by atoms with Gasteiger partial charge in [-0.3, -0.25) is 0 Å². The van der Waals surface area contributed by atoms with Crippen LogP contribution in [0.3, 0.4) is 0 Å². The van der Waals surface area contributed by atoms with Crippen LogP contribution in [0.4, 0.5) is 4.39 Å². The Morgan fingerprint density at radius 2 is 2.09 bits per heavy atom. The lowest BCUT2D eigenvalue weighted by Crippen LogP contribution is -1.89. The summed E-state index contributed by atoms with van der Waals surface area (Å²) < 4.78 is 18.1. The minimum absolute atomic E-state index is 0.0826. The highest BCUT2D eigenvalue weighted by molar-refractivity contribution is 6.32. The van der Waals surface area contributed by atoms with E-state index in [1.54, 1.807) is 12.1 Å². The number of halogens is 2. The number of phenolic OH excluding ortho intramolecular Hbond substituents is 1. The smallest absolute Gasteiger partial charge is 0.212 e. The number of hydrogen-bond donors (Lipinski definition) is 2. The predicted molar refractivity (Wildman–Crippen MR) is 80.4 cm³/mol. The fourth-order valence-electron chi connectivity index (χ4n) is 2.07. The van der Waals surface area contributed by atoms with Gasteiger partial charge in [-0.1, -0.05) is 11.6 Å². The number of benzene rings is 1. The highest BCUT2D eigenvalue weighted by Crippen LogP contribution is 2.36. The van der Waals surface area contributed by atoms with Gasteiger partial charge in [-0.2, -0.15) is 4.39 Å². The standard InChI is InChI=1S/C15H11ClFN3O2/c1-22-11-6-9(21)3-4-10(11)13-14(16)20-15(19-13)8-2-5-12(17)18-7-8/h2-7,21H,1H3,(H,19,20). The van der Waals surface area contributed by atoms with Crippen LogP contribution in [0.5, 0.6) is 11.5 Å². The Morgan fingerprint density at radius 3 is 2.77 bits per heavy atom. The van der Waals surface area contributed by atoms with Gasteiger partial charge < -0.3 is 14.8 Å². The van der Waals surface area contributed by atoms with Gasteiger partial charge >= 0.3 is 0 Å². The van der Waals surface area contributed by atoms with E-state index in [-0.39, 0.29) is 10.9 Å². The van der Waals surface area contributed by atoms with E-state index < -0.39 is 5.95 Å². The van der Waals surface area contributed by atoms with E-state index >= 15 is 0 Å².